The number of fused-ring (bicyclic) bond motifs is 1. The summed E-state index contributed by atoms with van der Waals surface area (Å²) in [5.41, 5.74) is 1.89. The molecular weight excluding hydrogens is 278 g/mol. The van der Waals surface area contributed by atoms with Gasteiger partial charge in [0, 0.05) is 17.8 Å². The molecule has 21 heavy (non-hydrogen) atoms. The van der Waals surface area contributed by atoms with Crippen LogP contribution in [0.25, 0.3) is 0 Å². The summed E-state index contributed by atoms with van der Waals surface area (Å²) in [6.07, 6.45) is -6.58. The molecule has 1 saturated heterocycles. The van der Waals surface area contributed by atoms with Crippen molar-refractivity contribution in [3.8, 4) is 0 Å². The highest BCUT2D eigenvalue weighted by molar-refractivity contribution is 5.56. The van der Waals surface area contributed by atoms with E-state index in [-0.39, 0.29) is 6.10 Å². The van der Waals surface area contributed by atoms with Gasteiger partial charge in [0.1, 0.15) is 30.5 Å². The van der Waals surface area contributed by atoms with Crippen LogP contribution in [0.2, 0.25) is 0 Å². The molecule has 3 rings (SSSR count). The zero-order valence-electron chi connectivity index (χ0n) is 11.3. The van der Waals surface area contributed by atoms with Gasteiger partial charge in [-0.2, -0.15) is 0 Å². The summed E-state index contributed by atoms with van der Waals surface area (Å²) < 4.78 is 11.1. The van der Waals surface area contributed by atoms with Crippen LogP contribution in [0, 0.1) is 0 Å². The average Bonchev–Trinajstić information content (AvgIpc) is 2.91. The van der Waals surface area contributed by atoms with E-state index in [0.717, 1.165) is 11.3 Å². The third kappa shape index (κ3) is 2.64. The molecule has 116 valence electrons. The Labute approximate surface area is 121 Å². The van der Waals surface area contributed by atoms with Gasteiger partial charge in [0.25, 0.3) is 0 Å². The number of hydrogen-bond donors (Lipinski definition) is 5. The van der Waals surface area contributed by atoms with Gasteiger partial charge in [0.2, 0.25) is 0 Å². The Morgan fingerprint density at radius 3 is 2.67 bits per heavy atom. The Morgan fingerprint density at radius 2 is 1.90 bits per heavy atom. The quantitative estimate of drug-likeness (QED) is 0.485. The lowest BCUT2D eigenvalue weighted by molar-refractivity contribution is -0.310. The molecule has 0 radical (unpaired) electrons. The molecule has 7 heteroatoms. The highest BCUT2D eigenvalue weighted by Crippen LogP contribution is 2.34. The maximum Gasteiger partial charge on any atom is 0.187 e. The first kappa shape index (κ1) is 14.7. The second-order valence-electron chi connectivity index (χ2n) is 5.29. The van der Waals surface area contributed by atoms with Crippen molar-refractivity contribution in [2.75, 3.05) is 18.5 Å². The lowest BCUT2D eigenvalue weighted by atomic mass is 9.99. The molecule has 1 unspecified atom stereocenters. The summed E-state index contributed by atoms with van der Waals surface area (Å²) >= 11 is 0. The number of aliphatic hydroxyl groups is 4. The van der Waals surface area contributed by atoms with E-state index in [1.54, 1.807) is 0 Å². The summed E-state index contributed by atoms with van der Waals surface area (Å²) in [6, 6.07) is 7.62. The number of ether oxygens (including phenoxy) is 2. The molecule has 2 heterocycles. The van der Waals surface area contributed by atoms with Gasteiger partial charge in [0.15, 0.2) is 6.29 Å². The summed E-state index contributed by atoms with van der Waals surface area (Å²) in [5.74, 6) is 0. The molecule has 7 nitrogen and oxygen atoms in total. The van der Waals surface area contributed by atoms with Crippen molar-refractivity contribution in [2.45, 2.75) is 36.8 Å². The first-order valence-electron chi connectivity index (χ1n) is 6.90. The molecule has 0 spiro atoms. The average molecular weight is 297 g/mol. The Bertz CT molecular complexity index is 496. The Balaban J connectivity index is 1.73. The molecule has 0 bridgehead atoms. The number of rotatable bonds is 3. The number of anilines is 1. The van der Waals surface area contributed by atoms with Gasteiger partial charge in [-0.05, 0) is 6.07 Å². The molecule has 0 saturated carbocycles. The van der Waals surface area contributed by atoms with Crippen molar-refractivity contribution < 1.29 is 29.9 Å². The highest BCUT2D eigenvalue weighted by atomic mass is 16.7. The topological polar surface area (TPSA) is 111 Å². The molecule has 0 amide bonds. The van der Waals surface area contributed by atoms with Crippen LogP contribution in [-0.2, 0) is 9.47 Å². The smallest absolute Gasteiger partial charge is 0.187 e. The lowest BCUT2D eigenvalue weighted by Crippen LogP contribution is -2.59. The van der Waals surface area contributed by atoms with Crippen LogP contribution in [0.5, 0.6) is 0 Å². The predicted octanol–water partition coefficient (Wildman–Crippen LogP) is -1.03. The summed E-state index contributed by atoms with van der Waals surface area (Å²) in [7, 11) is 0. The molecule has 6 atom stereocenters. The van der Waals surface area contributed by atoms with Gasteiger partial charge in [-0.1, -0.05) is 18.2 Å². The third-order valence-corrected chi connectivity index (χ3v) is 3.93. The second kappa shape index (κ2) is 5.88. The van der Waals surface area contributed by atoms with Crippen molar-refractivity contribution in [3.63, 3.8) is 0 Å². The van der Waals surface area contributed by atoms with Gasteiger partial charge in [-0.25, -0.2) is 0 Å². The highest BCUT2D eigenvalue weighted by Gasteiger charge is 2.45. The fraction of sp³-hybridized carbons (Fsp3) is 0.571. The number of nitrogens with one attached hydrogen (secondary N) is 1. The summed E-state index contributed by atoms with van der Waals surface area (Å²) in [6.45, 7) is 0.0542. The Hall–Kier alpha value is -1.22. The van der Waals surface area contributed by atoms with E-state index in [4.69, 9.17) is 14.6 Å². The van der Waals surface area contributed by atoms with Gasteiger partial charge < -0.3 is 35.2 Å². The van der Waals surface area contributed by atoms with E-state index >= 15 is 0 Å². The molecular formula is C14H19NO6. The first-order valence-corrected chi connectivity index (χ1v) is 6.90. The molecule has 0 aromatic heterocycles. The monoisotopic (exact) mass is 297 g/mol. The van der Waals surface area contributed by atoms with Crippen LogP contribution >= 0.6 is 0 Å². The zero-order chi connectivity index (χ0) is 15.0. The standard InChI is InChI=1S/C14H19NO6/c16-6-10-11(17)12(18)13(19)14(21-10)20-9-5-15-8-4-2-1-3-7(8)9/h1-4,9-19H,5-6H2/t9?,10-,11-,12+,13-,14-/m1/s1. The SMILES string of the molecule is OC[C@H]1O[C@@H](OC2CNc3ccccc32)[C@H](O)[C@@H](O)[C@@H]1O. The van der Waals surface area contributed by atoms with Crippen molar-refractivity contribution in [3.05, 3.63) is 29.8 Å². The van der Waals surface area contributed by atoms with E-state index in [2.05, 4.69) is 5.32 Å². The second-order valence-corrected chi connectivity index (χ2v) is 5.29. The molecule has 1 aromatic carbocycles. The summed E-state index contributed by atoms with van der Waals surface area (Å²) in [4.78, 5) is 0. The fourth-order valence-corrected chi connectivity index (χ4v) is 2.71. The van der Waals surface area contributed by atoms with Crippen molar-refractivity contribution in [1.29, 1.82) is 0 Å². The molecule has 0 aliphatic carbocycles. The van der Waals surface area contributed by atoms with Crippen molar-refractivity contribution >= 4 is 5.69 Å². The summed E-state index contributed by atoms with van der Waals surface area (Å²) in [5, 5.41) is 41.8. The number of benzene rings is 1. The van der Waals surface area contributed by atoms with Crippen molar-refractivity contribution in [1.82, 2.24) is 0 Å². The predicted molar refractivity (Wildman–Crippen MR) is 72.5 cm³/mol. The van der Waals surface area contributed by atoms with Gasteiger partial charge >= 0.3 is 0 Å². The lowest BCUT2D eigenvalue weighted by Gasteiger charge is -2.40. The first-order chi connectivity index (χ1) is 10.1. The molecule has 2 aliphatic heterocycles. The van der Waals surface area contributed by atoms with E-state index in [1.807, 2.05) is 24.3 Å². The van der Waals surface area contributed by atoms with Crippen LogP contribution in [0.3, 0.4) is 0 Å². The maximum absolute atomic E-state index is 9.97. The number of aliphatic hydroxyl groups excluding tert-OH is 4. The van der Waals surface area contributed by atoms with Crippen LogP contribution in [0.1, 0.15) is 11.7 Å². The fourth-order valence-electron chi connectivity index (χ4n) is 2.71. The number of hydrogen-bond acceptors (Lipinski definition) is 7. The minimum Gasteiger partial charge on any atom is -0.394 e. The molecule has 1 aromatic rings. The number of para-hydroxylation sites is 1. The molecule has 2 aliphatic rings. The third-order valence-electron chi connectivity index (χ3n) is 3.93. The van der Waals surface area contributed by atoms with Gasteiger partial charge in [0.05, 0.1) is 6.61 Å². The van der Waals surface area contributed by atoms with Crippen LogP contribution in [0.4, 0.5) is 5.69 Å². The molecule has 5 N–H and O–H groups in total. The van der Waals surface area contributed by atoms with Crippen LogP contribution < -0.4 is 5.32 Å². The van der Waals surface area contributed by atoms with Gasteiger partial charge in [-0.15, -0.1) is 0 Å². The van der Waals surface area contributed by atoms with E-state index in [0.29, 0.717) is 6.54 Å². The van der Waals surface area contributed by atoms with Crippen molar-refractivity contribution in [2.24, 2.45) is 0 Å². The van der Waals surface area contributed by atoms with E-state index < -0.39 is 37.3 Å². The minimum absolute atomic E-state index is 0.331. The van der Waals surface area contributed by atoms with E-state index in [1.165, 1.54) is 0 Å². The Morgan fingerprint density at radius 1 is 1.14 bits per heavy atom. The normalized spacial score (nSPS) is 38.9. The van der Waals surface area contributed by atoms with E-state index in [9.17, 15) is 15.3 Å². The van der Waals surface area contributed by atoms with Crippen LogP contribution in [0.15, 0.2) is 24.3 Å². The van der Waals surface area contributed by atoms with Crippen LogP contribution in [-0.4, -0.2) is 64.3 Å². The molecule has 1 fully saturated rings. The zero-order valence-corrected chi connectivity index (χ0v) is 11.3. The largest absolute Gasteiger partial charge is 0.394 e. The maximum atomic E-state index is 9.97. The minimum atomic E-state index is -1.43. The Kier molecular flexibility index (Phi) is 4.12. The van der Waals surface area contributed by atoms with Gasteiger partial charge in [-0.3, -0.25) is 0 Å².